The van der Waals surface area contributed by atoms with E-state index in [0.29, 0.717) is 25.9 Å². The second kappa shape index (κ2) is 7.84. The SMILES string of the molecule is CCC(=O)N1c2ccccc2C[C@H]1C(=O)N1CCN(c2ccc(Cl)cc2)CC1. The van der Waals surface area contributed by atoms with E-state index in [9.17, 15) is 9.59 Å². The van der Waals surface area contributed by atoms with Crippen molar-refractivity contribution in [3.05, 3.63) is 59.1 Å². The lowest BCUT2D eigenvalue weighted by atomic mass is 10.1. The maximum Gasteiger partial charge on any atom is 0.246 e. The molecular weight excluding hydrogens is 374 g/mol. The van der Waals surface area contributed by atoms with Gasteiger partial charge in [-0.3, -0.25) is 14.5 Å². The molecule has 2 aliphatic heterocycles. The van der Waals surface area contributed by atoms with Gasteiger partial charge in [0.25, 0.3) is 0 Å². The third-order valence-electron chi connectivity index (χ3n) is 5.62. The minimum atomic E-state index is -0.424. The highest BCUT2D eigenvalue weighted by Gasteiger charge is 2.40. The summed E-state index contributed by atoms with van der Waals surface area (Å²) >= 11 is 5.97. The van der Waals surface area contributed by atoms with E-state index in [1.54, 1.807) is 4.90 Å². The molecule has 28 heavy (non-hydrogen) atoms. The Morgan fingerprint density at radius 2 is 1.68 bits per heavy atom. The Kier molecular flexibility index (Phi) is 5.27. The van der Waals surface area contributed by atoms with Crippen LogP contribution in [0.3, 0.4) is 0 Å². The summed E-state index contributed by atoms with van der Waals surface area (Å²) in [4.78, 5) is 31.7. The van der Waals surface area contributed by atoms with Gasteiger partial charge < -0.3 is 9.80 Å². The highest BCUT2D eigenvalue weighted by Crippen LogP contribution is 2.33. The summed E-state index contributed by atoms with van der Waals surface area (Å²) in [7, 11) is 0. The van der Waals surface area contributed by atoms with E-state index >= 15 is 0 Å². The number of halogens is 1. The number of carbonyl (C=O) groups excluding carboxylic acids is 2. The fourth-order valence-electron chi connectivity index (χ4n) is 4.11. The first-order valence-electron chi connectivity index (χ1n) is 9.77. The molecule has 1 saturated heterocycles. The van der Waals surface area contributed by atoms with Crippen LogP contribution in [0.15, 0.2) is 48.5 Å². The first kappa shape index (κ1) is 18.8. The molecule has 0 saturated carbocycles. The summed E-state index contributed by atoms with van der Waals surface area (Å²) in [5, 5.41) is 0.721. The van der Waals surface area contributed by atoms with Crippen LogP contribution < -0.4 is 9.80 Å². The topological polar surface area (TPSA) is 43.9 Å². The van der Waals surface area contributed by atoms with Gasteiger partial charge in [0.2, 0.25) is 11.8 Å². The van der Waals surface area contributed by atoms with Crippen LogP contribution in [-0.4, -0.2) is 48.9 Å². The number of benzene rings is 2. The molecule has 6 heteroatoms. The Morgan fingerprint density at radius 1 is 1.00 bits per heavy atom. The molecule has 2 heterocycles. The normalized spacial score (nSPS) is 18.9. The number of anilines is 2. The summed E-state index contributed by atoms with van der Waals surface area (Å²) in [6.45, 7) is 4.70. The molecule has 0 aromatic heterocycles. The van der Waals surface area contributed by atoms with Crippen LogP contribution in [0.1, 0.15) is 18.9 Å². The first-order chi connectivity index (χ1) is 13.6. The quantitative estimate of drug-likeness (QED) is 0.797. The van der Waals surface area contributed by atoms with Crippen molar-refractivity contribution in [2.45, 2.75) is 25.8 Å². The van der Waals surface area contributed by atoms with Crippen LogP contribution >= 0.6 is 11.6 Å². The molecule has 5 nitrogen and oxygen atoms in total. The third kappa shape index (κ3) is 3.47. The van der Waals surface area contributed by atoms with Gasteiger partial charge >= 0.3 is 0 Å². The fourth-order valence-corrected chi connectivity index (χ4v) is 4.24. The molecule has 146 valence electrons. The molecule has 2 aliphatic rings. The minimum absolute atomic E-state index is 0.00287. The Hall–Kier alpha value is -2.53. The van der Waals surface area contributed by atoms with E-state index in [4.69, 9.17) is 11.6 Å². The molecule has 0 aliphatic carbocycles. The number of hydrogen-bond donors (Lipinski definition) is 0. The molecule has 1 atom stereocenters. The summed E-state index contributed by atoms with van der Waals surface area (Å²) in [5.41, 5.74) is 3.07. The van der Waals surface area contributed by atoms with Crippen molar-refractivity contribution in [1.82, 2.24) is 4.90 Å². The zero-order valence-corrected chi connectivity index (χ0v) is 16.7. The maximum absolute atomic E-state index is 13.3. The van der Waals surface area contributed by atoms with Crippen LogP contribution in [-0.2, 0) is 16.0 Å². The molecule has 2 aromatic carbocycles. The van der Waals surface area contributed by atoms with Gasteiger partial charge in [-0.05, 0) is 35.9 Å². The average Bonchev–Trinajstić information content (AvgIpc) is 3.13. The summed E-state index contributed by atoms with van der Waals surface area (Å²) < 4.78 is 0. The maximum atomic E-state index is 13.3. The van der Waals surface area contributed by atoms with Crippen molar-refractivity contribution in [3.63, 3.8) is 0 Å². The Bertz CT molecular complexity index is 876. The lowest BCUT2D eigenvalue weighted by Crippen LogP contribution is -2.55. The highest BCUT2D eigenvalue weighted by atomic mass is 35.5. The van der Waals surface area contributed by atoms with Crippen LogP contribution in [0.25, 0.3) is 0 Å². The Balaban J connectivity index is 1.46. The van der Waals surface area contributed by atoms with E-state index in [2.05, 4.69) is 4.90 Å². The number of para-hydroxylation sites is 1. The second-order valence-electron chi connectivity index (χ2n) is 7.25. The summed E-state index contributed by atoms with van der Waals surface area (Å²) in [6.07, 6.45) is 0.987. The minimum Gasteiger partial charge on any atom is -0.368 e. The molecule has 0 unspecified atom stereocenters. The molecule has 0 radical (unpaired) electrons. The van der Waals surface area contributed by atoms with Gasteiger partial charge in [-0.1, -0.05) is 36.7 Å². The zero-order chi connectivity index (χ0) is 19.7. The van der Waals surface area contributed by atoms with Crippen LogP contribution in [0, 0.1) is 0 Å². The monoisotopic (exact) mass is 397 g/mol. The number of nitrogens with zero attached hydrogens (tertiary/aromatic N) is 3. The van der Waals surface area contributed by atoms with Gasteiger partial charge in [0, 0.05) is 55.4 Å². The summed E-state index contributed by atoms with van der Waals surface area (Å²) in [5.74, 6) is 0.0526. The molecule has 1 fully saturated rings. The van der Waals surface area contributed by atoms with Crippen molar-refractivity contribution >= 4 is 34.8 Å². The number of hydrogen-bond acceptors (Lipinski definition) is 3. The lowest BCUT2D eigenvalue weighted by molar-refractivity contribution is -0.134. The standard InChI is InChI=1S/C22H24ClN3O2/c1-2-21(27)26-19-6-4-3-5-16(19)15-20(26)22(28)25-13-11-24(12-14-25)18-9-7-17(23)8-10-18/h3-10,20H,2,11-15H2,1H3/t20-/m0/s1. The molecule has 2 amide bonds. The van der Waals surface area contributed by atoms with Crippen LogP contribution in [0.2, 0.25) is 5.02 Å². The predicted molar refractivity (Wildman–Crippen MR) is 112 cm³/mol. The van der Waals surface area contributed by atoms with Gasteiger partial charge in [-0.15, -0.1) is 0 Å². The van der Waals surface area contributed by atoms with Crippen molar-refractivity contribution in [2.75, 3.05) is 36.0 Å². The molecule has 4 rings (SSSR count). The molecule has 0 bridgehead atoms. The largest absolute Gasteiger partial charge is 0.368 e. The van der Waals surface area contributed by atoms with Gasteiger partial charge in [0.15, 0.2) is 0 Å². The van der Waals surface area contributed by atoms with Gasteiger partial charge in [0.05, 0.1) is 0 Å². The predicted octanol–water partition coefficient (Wildman–Crippen LogP) is 3.36. The average molecular weight is 398 g/mol. The number of fused-ring (bicyclic) bond motifs is 1. The smallest absolute Gasteiger partial charge is 0.246 e. The highest BCUT2D eigenvalue weighted by molar-refractivity contribution is 6.30. The molecule has 0 N–H and O–H groups in total. The van der Waals surface area contributed by atoms with Gasteiger partial charge in [-0.2, -0.15) is 0 Å². The number of carbonyl (C=O) groups is 2. The van der Waals surface area contributed by atoms with E-state index in [1.165, 1.54) is 0 Å². The van der Waals surface area contributed by atoms with Crippen molar-refractivity contribution in [1.29, 1.82) is 0 Å². The Labute approximate surface area is 170 Å². The van der Waals surface area contributed by atoms with E-state index < -0.39 is 6.04 Å². The van der Waals surface area contributed by atoms with Gasteiger partial charge in [0.1, 0.15) is 6.04 Å². The number of piperazine rings is 1. The second-order valence-corrected chi connectivity index (χ2v) is 7.69. The van der Waals surface area contributed by atoms with Crippen LogP contribution in [0.5, 0.6) is 0 Å². The van der Waals surface area contributed by atoms with Crippen LogP contribution in [0.4, 0.5) is 11.4 Å². The first-order valence-corrected chi connectivity index (χ1v) is 10.2. The van der Waals surface area contributed by atoms with Crippen molar-refractivity contribution < 1.29 is 9.59 Å². The summed E-state index contributed by atoms with van der Waals surface area (Å²) in [6, 6.07) is 15.2. The van der Waals surface area contributed by atoms with Gasteiger partial charge in [-0.25, -0.2) is 0 Å². The number of rotatable bonds is 3. The van der Waals surface area contributed by atoms with Crippen molar-refractivity contribution in [3.8, 4) is 0 Å². The lowest BCUT2D eigenvalue weighted by Gasteiger charge is -2.38. The number of amides is 2. The molecular formula is C22H24ClN3O2. The molecule has 0 spiro atoms. The third-order valence-corrected chi connectivity index (χ3v) is 5.87. The zero-order valence-electron chi connectivity index (χ0n) is 16.0. The van der Waals surface area contributed by atoms with E-state index in [-0.39, 0.29) is 11.8 Å². The van der Waals surface area contributed by atoms with E-state index in [0.717, 1.165) is 35.1 Å². The van der Waals surface area contributed by atoms with Crippen molar-refractivity contribution in [2.24, 2.45) is 0 Å². The van der Waals surface area contributed by atoms with E-state index in [1.807, 2.05) is 60.4 Å². The fraction of sp³-hybridized carbons (Fsp3) is 0.364. The Morgan fingerprint density at radius 3 is 2.36 bits per heavy atom. The molecule has 2 aromatic rings.